The van der Waals surface area contributed by atoms with E-state index in [-0.39, 0.29) is 11.7 Å². The Kier molecular flexibility index (Phi) is 7.22. The molecule has 2 heterocycles. The molecule has 0 aliphatic carbocycles. The molecule has 172 valence electrons. The second-order valence-corrected chi connectivity index (χ2v) is 9.63. The molecule has 1 unspecified atom stereocenters. The number of fused-ring (bicyclic) bond motifs is 1. The number of hydrogen-bond acceptors (Lipinski definition) is 6. The summed E-state index contributed by atoms with van der Waals surface area (Å²) in [5.41, 5.74) is 3.10. The molecule has 0 fully saturated rings. The van der Waals surface area contributed by atoms with Gasteiger partial charge in [-0.05, 0) is 56.3 Å². The van der Waals surface area contributed by atoms with E-state index in [0.717, 1.165) is 33.9 Å². The standard InChI is InChI=1S/C25H27ClN4O2S/c1-5-21(29(3)4)24-27-28-25(30(24)14-17-9-7-6-8-10-17)33-15-18-12-23(31)32-22-11-16(2)20(26)13-19(18)22/h6-13,21H,5,14-15H2,1-4H3. The summed E-state index contributed by atoms with van der Waals surface area (Å²) < 4.78 is 7.59. The Bertz CT molecular complexity index is 1320. The SMILES string of the molecule is CCC(c1nnc(SCc2cc(=O)oc3cc(C)c(Cl)cc23)n1Cc1ccccc1)N(C)C. The van der Waals surface area contributed by atoms with Gasteiger partial charge in [0.1, 0.15) is 5.58 Å². The lowest BCUT2D eigenvalue weighted by atomic mass is 10.1. The summed E-state index contributed by atoms with van der Waals surface area (Å²) in [6.45, 7) is 4.73. The molecule has 0 bridgehead atoms. The Morgan fingerprint density at radius 1 is 1.15 bits per heavy atom. The van der Waals surface area contributed by atoms with E-state index in [9.17, 15) is 4.79 Å². The third-order valence-corrected chi connectivity index (χ3v) is 7.13. The van der Waals surface area contributed by atoms with Crippen LogP contribution in [0.4, 0.5) is 0 Å². The second kappa shape index (κ2) is 10.1. The van der Waals surface area contributed by atoms with Gasteiger partial charge < -0.3 is 8.98 Å². The number of nitrogens with zero attached hydrogens (tertiary/aromatic N) is 4. The fourth-order valence-corrected chi connectivity index (χ4v) is 5.06. The summed E-state index contributed by atoms with van der Waals surface area (Å²) in [4.78, 5) is 14.3. The summed E-state index contributed by atoms with van der Waals surface area (Å²) in [7, 11) is 4.12. The molecule has 0 amide bonds. The lowest BCUT2D eigenvalue weighted by molar-refractivity contribution is 0.272. The van der Waals surface area contributed by atoms with Gasteiger partial charge in [0.25, 0.3) is 0 Å². The Morgan fingerprint density at radius 2 is 1.91 bits per heavy atom. The second-order valence-electron chi connectivity index (χ2n) is 8.28. The van der Waals surface area contributed by atoms with Crippen LogP contribution in [0, 0.1) is 6.92 Å². The number of benzene rings is 2. The van der Waals surface area contributed by atoms with E-state index >= 15 is 0 Å². The normalized spacial score (nSPS) is 12.5. The molecule has 0 N–H and O–H groups in total. The average molecular weight is 483 g/mol. The molecule has 6 nitrogen and oxygen atoms in total. The van der Waals surface area contributed by atoms with Crippen molar-refractivity contribution in [1.29, 1.82) is 0 Å². The van der Waals surface area contributed by atoms with Gasteiger partial charge in [0.05, 0.1) is 12.6 Å². The van der Waals surface area contributed by atoms with Gasteiger partial charge in [0.15, 0.2) is 11.0 Å². The van der Waals surface area contributed by atoms with Crippen LogP contribution in [-0.4, -0.2) is 33.8 Å². The molecule has 4 rings (SSSR count). The van der Waals surface area contributed by atoms with Gasteiger partial charge in [0, 0.05) is 22.2 Å². The number of aryl methyl sites for hydroxylation is 1. The molecular formula is C25H27ClN4O2S. The maximum atomic E-state index is 12.2. The molecular weight excluding hydrogens is 456 g/mol. The number of rotatable bonds is 8. The van der Waals surface area contributed by atoms with Gasteiger partial charge in [-0.25, -0.2) is 4.79 Å². The van der Waals surface area contributed by atoms with Gasteiger partial charge in [-0.15, -0.1) is 10.2 Å². The molecule has 0 radical (unpaired) electrons. The molecule has 2 aromatic carbocycles. The molecule has 0 aliphatic heterocycles. The number of halogens is 1. The Labute approximate surface area is 202 Å². The monoisotopic (exact) mass is 482 g/mol. The lowest BCUT2D eigenvalue weighted by Gasteiger charge is -2.23. The molecule has 8 heteroatoms. The largest absolute Gasteiger partial charge is 0.423 e. The van der Waals surface area contributed by atoms with E-state index < -0.39 is 0 Å². The summed E-state index contributed by atoms with van der Waals surface area (Å²) in [5, 5.41) is 11.4. The lowest BCUT2D eigenvalue weighted by Crippen LogP contribution is -2.23. The minimum atomic E-state index is -0.370. The highest BCUT2D eigenvalue weighted by Crippen LogP contribution is 2.31. The van der Waals surface area contributed by atoms with Gasteiger partial charge >= 0.3 is 5.63 Å². The molecule has 1 atom stereocenters. The van der Waals surface area contributed by atoms with Crippen LogP contribution in [0.5, 0.6) is 0 Å². The quantitative estimate of drug-likeness (QED) is 0.237. The predicted octanol–water partition coefficient (Wildman–Crippen LogP) is 5.70. The topological polar surface area (TPSA) is 64.2 Å². The van der Waals surface area contributed by atoms with E-state index in [1.807, 2.05) is 37.3 Å². The predicted molar refractivity (Wildman–Crippen MR) is 134 cm³/mol. The Hall–Kier alpha value is -2.61. The van der Waals surface area contributed by atoms with Crippen molar-refractivity contribution in [2.45, 2.75) is 43.8 Å². The van der Waals surface area contributed by atoms with Crippen LogP contribution in [0.25, 0.3) is 11.0 Å². The van der Waals surface area contributed by atoms with E-state index in [1.165, 1.54) is 11.6 Å². The zero-order valence-electron chi connectivity index (χ0n) is 19.2. The van der Waals surface area contributed by atoms with E-state index in [1.54, 1.807) is 11.8 Å². The van der Waals surface area contributed by atoms with Gasteiger partial charge in [-0.2, -0.15) is 0 Å². The van der Waals surface area contributed by atoms with Crippen molar-refractivity contribution in [3.63, 3.8) is 0 Å². The fraction of sp³-hybridized carbons (Fsp3) is 0.320. The van der Waals surface area contributed by atoms with Gasteiger partial charge in [0.2, 0.25) is 0 Å². The first kappa shape index (κ1) is 23.5. The third-order valence-electron chi connectivity index (χ3n) is 5.70. The van der Waals surface area contributed by atoms with E-state index in [0.29, 0.717) is 22.9 Å². The summed E-state index contributed by atoms with van der Waals surface area (Å²) in [6.07, 6.45) is 0.923. The van der Waals surface area contributed by atoms with Crippen molar-refractivity contribution >= 4 is 34.3 Å². The van der Waals surface area contributed by atoms with E-state index in [2.05, 4.69) is 52.8 Å². The number of hydrogen-bond donors (Lipinski definition) is 0. The summed E-state index contributed by atoms with van der Waals surface area (Å²) in [6, 6.07) is 15.7. The van der Waals surface area contributed by atoms with E-state index in [4.69, 9.17) is 16.0 Å². The molecule has 0 spiro atoms. The van der Waals surface area contributed by atoms with Crippen molar-refractivity contribution in [3.8, 4) is 0 Å². The fourth-order valence-electron chi connectivity index (χ4n) is 3.96. The number of thioether (sulfide) groups is 1. The highest BCUT2D eigenvalue weighted by atomic mass is 35.5. The minimum Gasteiger partial charge on any atom is -0.423 e. The van der Waals surface area contributed by atoms with Crippen molar-refractivity contribution in [2.75, 3.05) is 14.1 Å². The van der Waals surface area contributed by atoms with Crippen LogP contribution in [0.2, 0.25) is 5.02 Å². The van der Waals surface area contributed by atoms with Crippen LogP contribution in [-0.2, 0) is 12.3 Å². The van der Waals surface area contributed by atoms with Crippen molar-refractivity contribution in [2.24, 2.45) is 0 Å². The molecule has 0 saturated heterocycles. The van der Waals surface area contributed by atoms with Crippen molar-refractivity contribution in [3.05, 3.63) is 86.5 Å². The first-order valence-corrected chi connectivity index (χ1v) is 12.2. The first-order valence-electron chi connectivity index (χ1n) is 10.9. The zero-order chi connectivity index (χ0) is 23.5. The van der Waals surface area contributed by atoms with Crippen molar-refractivity contribution in [1.82, 2.24) is 19.7 Å². The smallest absolute Gasteiger partial charge is 0.336 e. The van der Waals surface area contributed by atoms with Crippen LogP contribution >= 0.6 is 23.4 Å². The summed E-state index contributed by atoms with van der Waals surface area (Å²) in [5.74, 6) is 1.48. The third kappa shape index (κ3) is 5.16. The van der Waals surface area contributed by atoms with Crippen LogP contribution in [0.15, 0.2) is 62.9 Å². The van der Waals surface area contributed by atoms with Gasteiger partial charge in [-0.1, -0.05) is 60.6 Å². The highest BCUT2D eigenvalue weighted by Gasteiger charge is 2.22. The van der Waals surface area contributed by atoms with Gasteiger partial charge in [-0.3, -0.25) is 4.90 Å². The Morgan fingerprint density at radius 3 is 2.61 bits per heavy atom. The maximum absolute atomic E-state index is 12.2. The molecule has 33 heavy (non-hydrogen) atoms. The summed E-state index contributed by atoms with van der Waals surface area (Å²) >= 11 is 7.92. The Balaban J connectivity index is 1.71. The molecule has 2 aromatic heterocycles. The molecule has 0 saturated carbocycles. The van der Waals surface area contributed by atoms with Crippen LogP contribution < -0.4 is 5.63 Å². The first-order chi connectivity index (χ1) is 15.9. The molecule has 4 aromatic rings. The van der Waals surface area contributed by atoms with Crippen LogP contribution in [0.1, 0.15) is 41.9 Å². The minimum absolute atomic E-state index is 0.155. The highest BCUT2D eigenvalue weighted by molar-refractivity contribution is 7.98. The molecule has 0 aliphatic rings. The average Bonchev–Trinajstić information content (AvgIpc) is 3.16. The zero-order valence-corrected chi connectivity index (χ0v) is 20.8. The van der Waals surface area contributed by atoms with Crippen LogP contribution in [0.3, 0.4) is 0 Å². The number of aromatic nitrogens is 3. The van der Waals surface area contributed by atoms with Crippen molar-refractivity contribution < 1.29 is 4.42 Å². The maximum Gasteiger partial charge on any atom is 0.336 e.